The van der Waals surface area contributed by atoms with E-state index < -0.39 is 11.6 Å². The van der Waals surface area contributed by atoms with Crippen molar-refractivity contribution >= 4 is 26.8 Å². The van der Waals surface area contributed by atoms with Crippen molar-refractivity contribution in [2.45, 2.75) is 6.61 Å². The first kappa shape index (κ1) is 16.7. The van der Waals surface area contributed by atoms with Crippen LogP contribution in [0.4, 0.5) is 8.78 Å². The summed E-state index contributed by atoms with van der Waals surface area (Å²) in [5, 5.41) is 4.99. The number of hydrogen-bond donors (Lipinski definition) is 0. The lowest BCUT2D eigenvalue weighted by Crippen LogP contribution is -2.00. The molecule has 0 aliphatic rings. The van der Waals surface area contributed by atoms with Crippen LogP contribution in [0.25, 0.3) is 16.6 Å². The molecular formula is C20H13BrF2N2O. The molecule has 1 aromatic heterocycles. The van der Waals surface area contributed by atoms with Gasteiger partial charge >= 0.3 is 0 Å². The molecule has 0 aliphatic carbocycles. The van der Waals surface area contributed by atoms with Crippen LogP contribution < -0.4 is 4.74 Å². The average molecular weight is 415 g/mol. The molecular weight excluding hydrogens is 402 g/mol. The van der Waals surface area contributed by atoms with Crippen LogP contribution in [0.2, 0.25) is 0 Å². The Morgan fingerprint density at radius 2 is 1.81 bits per heavy atom. The van der Waals surface area contributed by atoms with Crippen LogP contribution in [-0.2, 0) is 6.61 Å². The molecule has 26 heavy (non-hydrogen) atoms. The van der Waals surface area contributed by atoms with Gasteiger partial charge in [-0.25, -0.2) is 13.5 Å². The van der Waals surface area contributed by atoms with Crippen LogP contribution in [0.5, 0.6) is 5.75 Å². The molecule has 0 N–H and O–H groups in total. The molecule has 0 spiro atoms. The van der Waals surface area contributed by atoms with Gasteiger partial charge in [0, 0.05) is 22.0 Å². The van der Waals surface area contributed by atoms with E-state index in [0.29, 0.717) is 15.7 Å². The molecule has 4 aromatic rings. The molecule has 0 radical (unpaired) electrons. The van der Waals surface area contributed by atoms with Crippen LogP contribution >= 0.6 is 15.9 Å². The number of ether oxygens (including phenoxy) is 1. The zero-order valence-corrected chi connectivity index (χ0v) is 15.1. The van der Waals surface area contributed by atoms with Crippen molar-refractivity contribution in [1.82, 2.24) is 9.78 Å². The van der Waals surface area contributed by atoms with Crippen LogP contribution in [0.15, 0.2) is 71.3 Å². The Morgan fingerprint density at radius 1 is 1.00 bits per heavy atom. The smallest absolute Gasteiger partial charge is 0.167 e. The van der Waals surface area contributed by atoms with Gasteiger partial charge in [-0.1, -0.05) is 30.3 Å². The monoisotopic (exact) mass is 414 g/mol. The number of nitrogens with zero attached hydrogens (tertiary/aromatic N) is 2. The first-order chi connectivity index (χ1) is 12.6. The van der Waals surface area contributed by atoms with Crippen molar-refractivity contribution in [2.75, 3.05) is 0 Å². The van der Waals surface area contributed by atoms with E-state index in [1.807, 2.05) is 30.3 Å². The molecule has 0 fully saturated rings. The van der Waals surface area contributed by atoms with Gasteiger partial charge in [0.2, 0.25) is 0 Å². The zero-order chi connectivity index (χ0) is 18.1. The van der Waals surface area contributed by atoms with E-state index in [0.717, 1.165) is 10.9 Å². The predicted octanol–water partition coefficient (Wildman–Crippen LogP) is 5.65. The molecule has 0 unspecified atom stereocenters. The lowest BCUT2D eigenvalue weighted by Gasteiger charge is -2.10. The van der Waals surface area contributed by atoms with Crippen LogP contribution in [0, 0.1) is 11.6 Å². The number of halogens is 3. The highest BCUT2D eigenvalue weighted by Crippen LogP contribution is 2.28. The molecule has 0 saturated heterocycles. The van der Waals surface area contributed by atoms with Gasteiger partial charge in [-0.05, 0) is 39.7 Å². The van der Waals surface area contributed by atoms with Gasteiger partial charge in [-0.15, -0.1) is 0 Å². The van der Waals surface area contributed by atoms with Gasteiger partial charge < -0.3 is 4.74 Å². The largest absolute Gasteiger partial charge is 0.486 e. The number of fused-ring (bicyclic) bond motifs is 1. The summed E-state index contributed by atoms with van der Waals surface area (Å²) in [5.74, 6) is -0.742. The van der Waals surface area contributed by atoms with Crippen molar-refractivity contribution < 1.29 is 13.5 Å². The Kier molecular flexibility index (Phi) is 4.42. The molecule has 130 valence electrons. The highest BCUT2D eigenvalue weighted by atomic mass is 79.9. The maximum Gasteiger partial charge on any atom is 0.167 e. The van der Waals surface area contributed by atoms with E-state index in [1.54, 1.807) is 18.3 Å². The Morgan fingerprint density at radius 3 is 2.58 bits per heavy atom. The van der Waals surface area contributed by atoms with E-state index >= 15 is 0 Å². The lowest BCUT2D eigenvalue weighted by molar-refractivity contribution is 0.290. The summed E-state index contributed by atoms with van der Waals surface area (Å²) in [5.41, 5.74) is 1.99. The summed E-state index contributed by atoms with van der Waals surface area (Å²) >= 11 is 3.31. The third kappa shape index (κ3) is 3.20. The molecule has 0 saturated carbocycles. The fourth-order valence-electron chi connectivity index (χ4n) is 2.73. The molecule has 3 aromatic carbocycles. The summed E-state index contributed by atoms with van der Waals surface area (Å²) in [6.45, 7) is 0.278. The van der Waals surface area contributed by atoms with E-state index in [4.69, 9.17) is 4.74 Å². The van der Waals surface area contributed by atoms with Crippen molar-refractivity contribution in [3.63, 3.8) is 0 Å². The second kappa shape index (κ2) is 6.88. The molecule has 1 heterocycles. The molecule has 0 atom stereocenters. The predicted molar refractivity (Wildman–Crippen MR) is 99.5 cm³/mol. The number of benzene rings is 3. The van der Waals surface area contributed by atoms with Gasteiger partial charge in [0.25, 0.3) is 0 Å². The quantitative estimate of drug-likeness (QED) is 0.431. The summed E-state index contributed by atoms with van der Waals surface area (Å²) in [7, 11) is 0. The van der Waals surface area contributed by atoms with Gasteiger partial charge in [0.15, 0.2) is 11.6 Å². The minimum Gasteiger partial charge on any atom is -0.486 e. The van der Waals surface area contributed by atoms with Gasteiger partial charge in [0.05, 0.1) is 17.4 Å². The standard InChI is InChI=1S/C20H13BrF2N2O/c21-17-8-14(22)9-19-16(17)11-24-25(19)15-6-7-20(18(23)10-15)26-12-13-4-2-1-3-5-13/h1-11H,12H2. The second-order valence-electron chi connectivity index (χ2n) is 5.77. The summed E-state index contributed by atoms with van der Waals surface area (Å²) < 4.78 is 35.8. The van der Waals surface area contributed by atoms with E-state index in [-0.39, 0.29) is 12.4 Å². The zero-order valence-electron chi connectivity index (χ0n) is 13.5. The van der Waals surface area contributed by atoms with Gasteiger partial charge in [-0.2, -0.15) is 5.10 Å². The fraction of sp³-hybridized carbons (Fsp3) is 0.0500. The lowest BCUT2D eigenvalue weighted by atomic mass is 10.2. The highest BCUT2D eigenvalue weighted by Gasteiger charge is 2.12. The maximum atomic E-state index is 14.5. The molecule has 3 nitrogen and oxygen atoms in total. The number of hydrogen-bond acceptors (Lipinski definition) is 2. The first-order valence-corrected chi connectivity index (χ1v) is 8.70. The summed E-state index contributed by atoms with van der Waals surface area (Å²) in [4.78, 5) is 0. The van der Waals surface area contributed by atoms with Gasteiger partial charge in [-0.3, -0.25) is 0 Å². The molecule has 0 bridgehead atoms. The Balaban J connectivity index is 1.64. The number of aromatic nitrogens is 2. The third-order valence-corrected chi connectivity index (χ3v) is 4.66. The number of rotatable bonds is 4. The summed E-state index contributed by atoms with van der Waals surface area (Å²) in [6.07, 6.45) is 1.61. The van der Waals surface area contributed by atoms with Gasteiger partial charge in [0.1, 0.15) is 12.4 Å². The van der Waals surface area contributed by atoms with E-state index in [2.05, 4.69) is 21.0 Å². The minimum absolute atomic E-state index is 0.154. The molecule has 6 heteroatoms. The molecule has 0 aliphatic heterocycles. The third-order valence-electron chi connectivity index (χ3n) is 4.00. The maximum absolute atomic E-state index is 14.5. The van der Waals surface area contributed by atoms with Crippen LogP contribution in [0.3, 0.4) is 0 Å². The van der Waals surface area contributed by atoms with Crippen LogP contribution in [-0.4, -0.2) is 9.78 Å². The van der Waals surface area contributed by atoms with Crippen molar-refractivity contribution in [1.29, 1.82) is 0 Å². The SMILES string of the molecule is Fc1cc(Br)c2cnn(-c3ccc(OCc4ccccc4)c(F)c3)c2c1. The van der Waals surface area contributed by atoms with E-state index in [9.17, 15) is 8.78 Å². The molecule has 4 rings (SSSR count). The van der Waals surface area contributed by atoms with Crippen molar-refractivity contribution in [3.05, 3.63) is 88.5 Å². The topological polar surface area (TPSA) is 27.1 Å². The first-order valence-electron chi connectivity index (χ1n) is 7.91. The normalized spacial score (nSPS) is 11.0. The Bertz CT molecular complexity index is 1080. The average Bonchev–Trinajstić information content (AvgIpc) is 3.05. The minimum atomic E-state index is -0.502. The molecule has 0 amide bonds. The Hall–Kier alpha value is -2.73. The van der Waals surface area contributed by atoms with E-state index in [1.165, 1.54) is 22.9 Å². The highest BCUT2D eigenvalue weighted by molar-refractivity contribution is 9.10. The fourth-order valence-corrected chi connectivity index (χ4v) is 3.26. The Labute approximate surface area is 157 Å². The van der Waals surface area contributed by atoms with Crippen molar-refractivity contribution in [3.8, 4) is 11.4 Å². The van der Waals surface area contributed by atoms with Crippen LogP contribution in [0.1, 0.15) is 5.56 Å². The summed E-state index contributed by atoms with van der Waals surface area (Å²) in [6, 6.07) is 16.8. The van der Waals surface area contributed by atoms with Crippen molar-refractivity contribution in [2.24, 2.45) is 0 Å². The second-order valence-corrected chi connectivity index (χ2v) is 6.62.